The molecule has 0 aromatic heterocycles. The average molecular weight is 527 g/mol. The predicted molar refractivity (Wildman–Crippen MR) is 146 cm³/mol. The van der Waals surface area contributed by atoms with Crippen molar-refractivity contribution in [3.8, 4) is 11.5 Å². The monoisotopic (exact) mass is 526 g/mol. The quantitative estimate of drug-likeness (QED) is 0.531. The van der Waals surface area contributed by atoms with E-state index in [1.165, 1.54) is 36.9 Å². The summed E-state index contributed by atoms with van der Waals surface area (Å²) < 4.78 is 18.5. The van der Waals surface area contributed by atoms with E-state index >= 15 is 0 Å². The van der Waals surface area contributed by atoms with Crippen LogP contribution in [0.15, 0.2) is 12.1 Å². The van der Waals surface area contributed by atoms with Crippen LogP contribution in [-0.4, -0.2) is 65.7 Å². The first kappa shape index (κ1) is 26.4. The zero-order valence-corrected chi connectivity index (χ0v) is 23.8. The molecular formula is C31H46N2O5. The summed E-state index contributed by atoms with van der Waals surface area (Å²) >= 11 is 0. The normalized spacial score (nSPS) is 32.8. The topological polar surface area (TPSA) is 80.3 Å². The number of likely N-dealkylation sites (tertiary alicyclic amines) is 1. The molecule has 2 bridgehead atoms. The number of benzene rings is 1. The van der Waals surface area contributed by atoms with E-state index in [-0.39, 0.29) is 29.1 Å². The lowest BCUT2D eigenvalue weighted by molar-refractivity contribution is -0.107. The fourth-order valence-corrected chi connectivity index (χ4v) is 7.92. The minimum absolute atomic E-state index is 0.165. The zero-order valence-electron chi connectivity index (χ0n) is 23.8. The Labute approximate surface area is 227 Å². The van der Waals surface area contributed by atoms with Gasteiger partial charge in [-0.2, -0.15) is 0 Å². The van der Waals surface area contributed by atoms with Crippen molar-refractivity contribution >= 4 is 6.09 Å². The smallest absolute Gasteiger partial charge is 0.413 e. The van der Waals surface area contributed by atoms with Gasteiger partial charge in [0.15, 0.2) is 11.5 Å². The van der Waals surface area contributed by atoms with Gasteiger partial charge in [-0.25, -0.2) is 4.79 Å². The predicted octanol–water partition coefficient (Wildman–Crippen LogP) is 4.81. The van der Waals surface area contributed by atoms with Crippen LogP contribution in [0.25, 0.3) is 0 Å². The second-order valence-corrected chi connectivity index (χ2v) is 13.9. The summed E-state index contributed by atoms with van der Waals surface area (Å²) in [6.45, 7) is 12.9. The van der Waals surface area contributed by atoms with Gasteiger partial charge in [0.1, 0.15) is 6.10 Å². The van der Waals surface area contributed by atoms with Gasteiger partial charge >= 0.3 is 6.09 Å². The maximum Gasteiger partial charge on any atom is 0.413 e. The Morgan fingerprint density at radius 1 is 1.24 bits per heavy atom. The zero-order chi connectivity index (χ0) is 26.8. The molecule has 0 radical (unpaired) electrons. The molecule has 2 saturated carbocycles. The summed E-state index contributed by atoms with van der Waals surface area (Å²) in [7, 11) is 0. The van der Waals surface area contributed by atoms with Crippen molar-refractivity contribution < 1.29 is 24.1 Å². The Bertz CT molecular complexity index is 1060. The standard InChI is InChI=1S/C31H46N2O5/c1-18(2)22(17-36-30(3,4)5)32-29(35)37-25-12-9-20-15-23-21-10-11-24(34)28-31(21,26(20)27(25)38-28)13-14-33(23)16-19-7-6-8-19/h9,12,18-19,21-24,28,34H,6-8,10-11,13-17H2,1-5H3,(H,32,35)/t21?,22-,23-,24+,28+,31+/m1/s1. The van der Waals surface area contributed by atoms with Crippen LogP contribution in [-0.2, 0) is 16.6 Å². The van der Waals surface area contributed by atoms with Crippen LogP contribution in [0.2, 0.25) is 0 Å². The number of nitrogens with zero attached hydrogens (tertiary/aromatic N) is 1. The molecule has 38 heavy (non-hydrogen) atoms. The van der Waals surface area contributed by atoms with E-state index in [2.05, 4.69) is 30.1 Å². The number of carbonyl (C=O) groups excluding carboxylic acids is 1. The molecule has 3 aliphatic carbocycles. The first-order valence-corrected chi connectivity index (χ1v) is 14.9. The van der Waals surface area contributed by atoms with Crippen LogP contribution in [0, 0.1) is 17.8 Å². The maximum atomic E-state index is 13.1. The van der Waals surface area contributed by atoms with Gasteiger partial charge in [-0.1, -0.05) is 26.3 Å². The summed E-state index contributed by atoms with van der Waals surface area (Å²) in [5, 5.41) is 14.2. The van der Waals surface area contributed by atoms with Crippen LogP contribution in [0.5, 0.6) is 11.5 Å². The van der Waals surface area contributed by atoms with Gasteiger partial charge in [-0.3, -0.25) is 4.90 Å². The highest BCUT2D eigenvalue weighted by atomic mass is 16.6. The van der Waals surface area contributed by atoms with Gasteiger partial charge in [0.25, 0.3) is 0 Å². The number of piperidine rings is 1. The number of carbonyl (C=O) groups is 1. The summed E-state index contributed by atoms with van der Waals surface area (Å²) in [6, 6.07) is 4.39. The summed E-state index contributed by atoms with van der Waals surface area (Å²) in [5.41, 5.74) is 2.06. The van der Waals surface area contributed by atoms with E-state index in [0.29, 0.717) is 30.1 Å². The van der Waals surface area contributed by atoms with Crippen molar-refractivity contribution in [2.24, 2.45) is 17.8 Å². The maximum absolute atomic E-state index is 13.1. The Morgan fingerprint density at radius 3 is 2.71 bits per heavy atom. The molecule has 7 nitrogen and oxygen atoms in total. The largest absolute Gasteiger partial charge is 0.483 e. The molecule has 6 rings (SSSR count). The van der Waals surface area contributed by atoms with E-state index < -0.39 is 12.2 Å². The molecule has 6 atom stereocenters. The van der Waals surface area contributed by atoms with Crippen LogP contribution in [0.1, 0.15) is 84.3 Å². The Kier molecular flexibility index (Phi) is 6.72. The summed E-state index contributed by atoms with van der Waals surface area (Å²) in [4.78, 5) is 15.8. The number of hydrogen-bond donors (Lipinski definition) is 2. The van der Waals surface area contributed by atoms with Crippen molar-refractivity contribution in [1.29, 1.82) is 0 Å². The fraction of sp³-hybridized carbons (Fsp3) is 0.774. The lowest BCUT2D eigenvalue weighted by atomic mass is 9.51. The van der Waals surface area contributed by atoms with Gasteiger partial charge in [-0.15, -0.1) is 0 Å². The van der Waals surface area contributed by atoms with E-state index in [4.69, 9.17) is 14.2 Å². The van der Waals surface area contributed by atoms with Gasteiger partial charge in [0, 0.05) is 23.6 Å². The van der Waals surface area contributed by atoms with Crippen LogP contribution >= 0.6 is 0 Å². The molecule has 1 spiro atoms. The molecule has 1 aromatic rings. The molecule has 210 valence electrons. The molecule has 2 heterocycles. The summed E-state index contributed by atoms with van der Waals surface area (Å²) in [6.07, 6.45) is 6.68. The number of nitrogens with one attached hydrogen (secondary N) is 1. The SMILES string of the molecule is CC(C)[C@@H](COC(C)(C)C)NC(=O)Oc1ccc2c3c1O[C@H]1[C@@H](O)CCC4[C@@H](C2)N(CC2CCC2)CC[C@@]341. The van der Waals surface area contributed by atoms with Crippen molar-refractivity contribution in [3.63, 3.8) is 0 Å². The molecule has 2 N–H and O–H groups in total. The third-order valence-corrected chi connectivity index (χ3v) is 10.1. The van der Waals surface area contributed by atoms with Gasteiger partial charge < -0.3 is 24.6 Å². The molecule has 1 amide bonds. The molecule has 7 heteroatoms. The van der Waals surface area contributed by atoms with E-state index in [9.17, 15) is 9.90 Å². The van der Waals surface area contributed by atoms with Crippen molar-refractivity contribution in [1.82, 2.24) is 10.2 Å². The Morgan fingerprint density at radius 2 is 2.03 bits per heavy atom. The van der Waals surface area contributed by atoms with E-state index in [1.807, 2.05) is 26.8 Å². The molecule has 1 aromatic carbocycles. The number of ether oxygens (including phenoxy) is 3. The molecule has 5 aliphatic rings. The highest BCUT2D eigenvalue weighted by molar-refractivity contribution is 5.73. The minimum Gasteiger partial charge on any atom is -0.483 e. The lowest BCUT2D eigenvalue weighted by Crippen LogP contribution is -2.67. The second kappa shape index (κ2) is 9.67. The highest BCUT2D eigenvalue weighted by Gasteiger charge is 2.65. The lowest BCUT2D eigenvalue weighted by Gasteiger charge is -2.59. The number of hydrogen-bond acceptors (Lipinski definition) is 6. The summed E-state index contributed by atoms with van der Waals surface area (Å²) in [5.74, 6) is 2.67. The highest BCUT2D eigenvalue weighted by Crippen LogP contribution is 2.64. The molecule has 2 aliphatic heterocycles. The average Bonchev–Trinajstić information content (AvgIpc) is 3.17. The number of aliphatic hydroxyl groups is 1. The molecule has 1 unspecified atom stereocenters. The van der Waals surface area contributed by atoms with E-state index in [0.717, 1.165) is 38.1 Å². The van der Waals surface area contributed by atoms with Gasteiger partial charge in [0.05, 0.1) is 24.4 Å². The van der Waals surface area contributed by atoms with Gasteiger partial charge in [0.2, 0.25) is 0 Å². The van der Waals surface area contributed by atoms with Crippen LogP contribution in [0.4, 0.5) is 4.79 Å². The Balaban J connectivity index is 1.26. The Hall–Kier alpha value is -1.83. The number of amides is 1. The second-order valence-electron chi connectivity index (χ2n) is 13.9. The molecule has 1 saturated heterocycles. The first-order valence-electron chi connectivity index (χ1n) is 14.9. The van der Waals surface area contributed by atoms with Crippen molar-refractivity contribution in [2.75, 3.05) is 19.7 Å². The van der Waals surface area contributed by atoms with Crippen LogP contribution < -0.4 is 14.8 Å². The molecular weight excluding hydrogens is 480 g/mol. The van der Waals surface area contributed by atoms with Gasteiger partial charge in [-0.05, 0) is 95.2 Å². The number of aliphatic hydroxyl groups excluding tert-OH is 1. The minimum atomic E-state index is -0.495. The molecule has 3 fully saturated rings. The van der Waals surface area contributed by atoms with Crippen LogP contribution in [0.3, 0.4) is 0 Å². The van der Waals surface area contributed by atoms with E-state index in [1.54, 1.807) is 0 Å². The number of rotatable bonds is 7. The van der Waals surface area contributed by atoms with Crippen molar-refractivity contribution in [2.45, 2.75) is 115 Å². The fourth-order valence-electron chi connectivity index (χ4n) is 7.92. The first-order chi connectivity index (χ1) is 18.1. The third kappa shape index (κ3) is 4.43. The third-order valence-electron chi connectivity index (χ3n) is 10.1. The van der Waals surface area contributed by atoms with Crippen molar-refractivity contribution in [3.05, 3.63) is 23.3 Å².